The highest BCUT2D eigenvalue weighted by molar-refractivity contribution is 4.99. The fourth-order valence-corrected chi connectivity index (χ4v) is 2.70. The lowest BCUT2D eigenvalue weighted by Gasteiger charge is -2.43. The molecule has 0 aromatic heterocycles. The number of hydrogen-bond acceptors (Lipinski definition) is 11. The molecule has 0 radical (unpaired) electrons. The molecule has 2 aliphatic rings. The molecular formula is C12H22O11. The molecule has 11 heteroatoms. The SMILES string of the molecule is OC[C@H]1OC(CO)(O[C@@H]2[C@@H](O)[C@H](O)[C@@H](CO)O[C@@H]2O)[C@@H](O)[C@@H]1O. The second kappa shape index (κ2) is 7.21. The van der Waals surface area contributed by atoms with Crippen molar-refractivity contribution in [3.05, 3.63) is 0 Å². The number of rotatable bonds is 5. The zero-order valence-electron chi connectivity index (χ0n) is 12.0. The van der Waals surface area contributed by atoms with E-state index in [-0.39, 0.29) is 0 Å². The maximum absolute atomic E-state index is 10.00. The van der Waals surface area contributed by atoms with Crippen LogP contribution < -0.4 is 0 Å². The minimum Gasteiger partial charge on any atom is -0.394 e. The molecule has 0 spiro atoms. The second-order valence-corrected chi connectivity index (χ2v) is 5.56. The Hall–Kier alpha value is -0.440. The summed E-state index contributed by atoms with van der Waals surface area (Å²) in [5.41, 5.74) is 0. The molecule has 11 nitrogen and oxygen atoms in total. The van der Waals surface area contributed by atoms with E-state index in [0.29, 0.717) is 0 Å². The molecule has 2 fully saturated rings. The lowest BCUT2D eigenvalue weighted by atomic mass is 9.98. The van der Waals surface area contributed by atoms with Crippen LogP contribution >= 0.6 is 0 Å². The summed E-state index contributed by atoms with van der Waals surface area (Å²) in [6.45, 7) is -2.32. The van der Waals surface area contributed by atoms with Crippen LogP contribution in [0.25, 0.3) is 0 Å². The van der Waals surface area contributed by atoms with Crippen LogP contribution in [0.4, 0.5) is 0 Å². The Bertz CT molecular complexity index is 395. The number of aliphatic hydroxyl groups is 8. The van der Waals surface area contributed by atoms with Crippen molar-refractivity contribution in [2.45, 2.75) is 54.8 Å². The lowest BCUT2D eigenvalue weighted by molar-refractivity contribution is -0.366. The molecule has 2 rings (SSSR count). The highest BCUT2D eigenvalue weighted by Gasteiger charge is 2.58. The van der Waals surface area contributed by atoms with E-state index in [4.69, 9.17) is 24.4 Å². The zero-order chi connectivity index (χ0) is 17.4. The fourth-order valence-electron chi connectivity index (χ4n) is 2.70. The highest BCUT2D eigenvalue weighted by atomic mass is 16.8. The molecule has 0 aromatic carbocycles. The molecule has 2 saturated heterocycles. The predicted octanol–water partition coefficient (Wildman–Crippen LogP) is -5.40. The second-order valence-electron chi connectivity index (χ2n) is 5.56. The quantitative estimate of drug-likeness (QED) is 0.238. The molecule has 136 valence electrons. The fraction of sp³-hybridized carbons (Fsp3) is 1.00. The highest BCUT2D eigenvalue weighted by Crippen LogP contribution is 2.36. The summed E-state index contributed by atoms with van der Waals surface area (Å²) in [7, 11) is 0. The summed E-state index contributed by atoms with van der Waals surface area (Å²) in [6, 6.07) is 0. The maximum Gasteiger partial charge on any atom is 0.222 e. The van der Waals surface area contributed by atoms with Gasteiger partial charge in [-0.2, -0.15) is 0 Å². The molecule has 0 amide bonds. The molecule has 2 aliphatic heterocycles. The third-order valence-corrected chi connectivity index (χ3v) is 4.08. The molecule has 0 aromatic rings. The Morgan fingerprint density at radius 1 is 0.826 bits per heavy atom. The van der Waals surface area contributed by atoms with Gasteiger partial charge < -0.3 is 55.1 Å². The summed E-state index contributed by atoms with van der Waals surface area (Å²) < 4.78 is 15.2. The molecule has 0 bridgehead atoms. The molecule has 23 heavy (non-hydrogen) atoms. The van der Waals surface area contributed by atoms with Gasteiger partial charge >= 0.3 is 0 Å². The van der Waals surface area contributed by atoms with Gasteiger partial charge in [-0.05, 0) is 0 Å². The third-order valence-electron chi connectivity index (χ3n) is 4.08. The van der Waals surface area contributed by atoms with E-state index in [1.54, 1.807) is 0 Å². The van der Waals surface area contributed by atoms with Crippen LogP contribution in [0.3, 0.4) is 0 Å². The third kappa shape index (κ3) is 3.23. The molecular weight excluding hydrogens is 320 g/mol. The zero-order valence-corrected chi connectivity index (χ0v) is 12.0. The van der Waals surface area contributed by atoms with Crippen molar-refractivity contribution in [1.82, 2.24) is 0 Å². The maximum atomic E-state index is 10.00. The van der Waals surface area contributed by atoms with Crippen molar-refractivity contribution in [3.63, 3.8) is 0 Å². The monoisotopic (exact) mass is 342 g/mol. The molecule has 1 unspecified atom stereocenters. The van der Waals surface area contributed by atoms with Crippen LogP contribution in [0.2, 0.25) is 0 Å². The van der Waals surface area contributed by atoms with Crippen molar-refractivity contribution in [2.24, 2.45) is 0 Å². The van der Waals surface area contributed by atoms with Gasteiger partial charge in [0.05, 0.1) is 13.2 Å². The van der Waals surface area contributed by atoms with Crippen molar-refractivity contribution in [3.8, 4) is 0 Å². The Morgan fingerprint density at radius 3 is 1.91 bits per heavy atom. The summed E-state index contributed by atoms with van der Waals surface area (Å²) in [5.74, 6) is -2.24. The Balaban J connectivity index is 2.18. The van der Waals surface area contributed by atoms with Crippen LogP contribution in [0.5, 0.6) is 0 Å². The largest absolute Gasteiger partial charge is 0.394 e. The van der Waals surface area contributed by atoms with E-state index in [1.165, 1.54) is 0 Å². The van der Waals surface area contributed by atoms with Crippen LogP contribution in [-0.2, 0) is 14.2 Å². The van der Waals surface area contributed by atoms with E-state index in [2.05, 4.69) is 0 Å². The lowest BCUT2D eigenvalue weighted by Crippen LogP contribution is -2.63. The van der Waals surface area contributed by atoms with Gasteiger partial charge in [-0.15, -0.1) is 0 Å². The van der Waals surface area contributed by atoms with Crippen molar-refractivity contribution in [2.75, 3.05) is 19.8 Å². The predicted molar refractivity (Wildman–Crippen MR) is 68.6 cm³/mol. The van der Waals surface area contributed by atoms with Gasteiger partial charge in [-0.25, -0.2) is 0 Å². The van der Waals surface area contributed by atoms with Gasteiger partial charge in [0.25, 0.3) is 0 Å². The van der Waals surface area contributed by atoms with Gasteiger partial charge in [-0.3, -0.25) is 0 Å². The van der Waals surface area contributed by atoms with Crippen LogP contribution in [-0.4, -0.2) is 115 Å². The van der Waals surface area contributed by atoms with Gasteiger partial charge in [-0.1, -0.05) is 0 Å². The topological polar surface area (TPSA) is 190 Å². The smallest absolute Gasteiger partial charge is 0.222 e. The Morgan fingerprint density at radius 2 is 1.43 bits per heavy atom. The van der Waals surface area contributed by atoms with Crippen LogP contribution in [0.1, 0.15) is 0 Å². The average molecular weight is 342 g/mol. The Kier molecular flexibility index (Phi) is 5.92. The van der Waals surface area contributed by atoms with Crippen LogP contribution in [0, 0.1) is 0 Å². The first kappa shape index (κ1) is 18.9. The van der Waals surface area contributed by atoms with Crippen molar-refractivity contribution >= 4 is 0 Å². The summed E-state index contributed by atoms with van der Waals surface area (Å²) in [5, 5.41) is 76.9. The van der Waals surface area contributed by atoms with E-state index >= 15 is 0 Å². The van der Waals surface area contributed by atoms with Crippen molar-refractivity contribution in [1.29, 1.82) is 0 Å². The summed E-state index contributed by atoms with van der Waals surface area (Å²) in [6.07, 6.45) is -12.7. The Labute approximate surface area is 130 Å². The van der Waals surface area contributed by atoms with E-state index in [1.807, 2.05) is 0 Å². The van der Waals surface area contributed by atoms with Gasteiger partial charge in [0.15, 0.2) is 6.29 Å². The average Bonchev–Trinajstić information content (AvgIpc) is 2.80. The first-order valence-corrected chi connectivity index (χ1v) is 7.05. The number of ether oxygens (including phenoxy) is 3. The van der Waals surface area contributed by atoms with E-state index in [0.717, 1.165) is 0 Å². The van der Waals surface area contributed by atoms with Gasteiger partial charge in [0.2, 0.25) is 5.79 Å². The molecule has 9 atom stereocenters. The number of aliphatic hydroxyl groups excluding tert-OH is 8. The molecule has 0 saturated carbocycles. The van der Waals surface area contributed by atoms with E-state index in [9.17, 15) is 30.6 Å². The number of hydrogen-bond donors (Lipinski definition) is 8. The standard InChI is InChI=1S/C12H22O11/c13-1-4-6(16)8(18)9(11(20)21-4)23-12(3-15)10(19)7(17)5(2-14)22-12/h4-11,13-20H,1-3H2/t4-,5-,6-,7-,8+,9-,10+,11+,12?/m1/s1. The van der Waals surface area contributed by atoms with Crippen LogP contribution in [0.15, 0.2) is 0 Å². The molecule has 0 aliphatic carbocycles. The normalized spacial score (nSPS) is 51.1. The minimum atomic E-state index is -2.24. The summed E-state index contributed by atoms with van der Waals surface area (Å²) in [4.78, 5) is 0. The van der Waals surface area contributed by atoms with Gasteiger partial charge in [0.1, 0.15) is 49.3 Å². The minimum absolute atomic E-state index is 0.669. The van der Waals surface area contributed by atoms with E-state index < -0.39 is 74.6 Å². The van der Waals surface area contributed by atoms with Crippen molar-refractivity contribution < 1.29 is 55.1 Å². The first-order valence-electron chi connectivity index (χ1n) is 7.05. The summed E-state index contributed by atoms with van der Waals surface area (Å²) >= 11 is 0. The molecule has 8 N–H and O–H groups in total. The van der Waals surface area contributed by atoms with Gasteiger partial charge in [0, 0.05) is 0 Å². The molecule has 2 heterocycles. The first-order chi connectivity index (χ1) is 10.8.